The van der Waals surface area contributed by atoms with Crippen LogP contribution in [0.4, 0.5) is 24.8 Å². The molecule has 1 unspecified atom stereocenters. The Hall–Kier alpha value is -3.11. The maximum Gasteiger partial charge on any atom is 0.389 e. The van der Waals surface area contributed by atoms with Crippen molar-refractivity contribution in [1.82, 2.24) is 24.3 Å². The number of ether oxygens (including phenoxy) is 1. The molecule has 0 bridgehead atoms. The maximum absolute atomic E-state index is 12.8. The van der Waals surface area contributed by atoms with Crippen LogP contribution in [0.5, 0.6) is 0 Å². The highest BCUT2D eigenvalue weighted by Crippen LogP contribution is 2.28. The summed E-state index contributed by atoms with van der Waals surface area (Å²) in [6, 6.07) is 1.78. The fourth-order valence-corrected chi connectivity index (χ4v) is 3.20. The van der Waals surface area contributed by atoms with Crippen molar-refractivity contribution in [2.75, 3.05) is 5.32 Å². The van der Waals surface area contributed by atoms with Gasteiger partial charge in [-0.25, -0.2) is 4.98 Å². The van der Waals surface area contributed by atoms with Gasteiger partial charge in [0.1, 0.15) is 12.2 Å². The molecular formula is C20H27F3N6O2. The molecule has 3 heterocycles. The van der Waals surface area contributed by atoms with E-state index in [9.17, 15) is 18.0 Å². The topological polar surface area (TPSA) is 86.9 Å². The highest BCUT2D eigenvalue weighted by atomic mass is 19.4. The summed E-state index contributed by atoms with van der Waals surface area (Å²) < 4.78 is 46.6. The summed E-state index contributed by atoms with van der Waals surface area (Å²) in [6.45, 7) is 5.47. The van der Waals surface area contributed by atoms with E-state index < -0.39 is 24.5 Å². The van der Waals surface area contributed by atoms with Crippen LogP contribution in [0.15, 0.2) is 30.9 Å². The smallest absolute Gasteiger partial charge is 0.389 e. The first-order chi connectivity index (χ1) is 14.6. The minimum Gasteiger partial charge on any atom is -0.462 e. The van der Waals surface area contributed by atoms with Gasteiger partial charge in [0.2, 0.25) is 5.95 Å². The molecule has 1 N–H and O–H groups in total. The fraction of sp³-hybridized carbons (Fsp3) is 0.500. The molecule has 0 aliphatic carbocycles. The first kappa shape index (κ1) is 22.6. The summed E-state index contributed by atoms with van der Waals surface area (Å²) in [7, 11) is 0. The zero-order chi connectivity index (χ0) is 22.6. The van der Waals surface area contributed by atoms with Gasteiger partial charge in [-0.3, -0.25) is 9.48 Å². The Labute approximate surface area is 178 Å². The van der Waals surface area contributed by atoms with Crippen molar-refractivity contribution < 1.29 is 24.1 Å². The third-order valence-corrected chi connectivity index (χ3v) is 4.60. The molecule has 0 fully saturated rings. The van der Waals surface area contributed by atoms with E-state index in [0.717, 1.165) is 5.39 Å². The van der Waals surface area contributed by atoms with Crippen molar-refractivity contribution in [3.63, 3.8) is 0 Å². The van der Waals surface area contributed by atoms with Gasteiger partial charge in [-0.15, -0.1) is 0 Å². The maximum atomic E-state index is 12.8. The number of rotatable bonds is 9. The van der Waals surface area contributed by atoms with Crippen LogP contribution in [0.3, 0.4) is 0 Å². The zero-order valence-corrected chi connectivity index (χ0v) is 17.6. The number of halogens is 3. The molecular weight excluding hydrogens is 413 g/mol. The molecule has 0 aliphatic heterocycles. The second-order valence-electron chi connectivity index (χ2n) is 7.62. The minimum absolute atomic E-state index is 0. The number of hydrogen-bond acceptors (Lipinski definition) is 6. The Bertz CT molecular complexity index is 1030. The number of nitrogens with zero attached hydrogens (tertiary/aromatic N) is 5. The van der Waals surface area contributed by atoms with Crippen molar-refractivity contribution in [2.45, 2.75) is 59.0 Å². The van der Waals surface area contributed by atoms with E-state index in [2.05, 4.69) is 20.4 Å². The molecule has 1 atom stereocenters. The van der Waals surface area contributed by atoms with Crippen molar-refractivity contribution in [2.24, 2.45) is 5.92 Å². The van der Waals surface area contributed by atoms with Gasteiger partial charge in [0, 0.05) is 38.4 Å². The Kier molecular flexibility index (Phi) is 6.81. The van der Waals surface area contributed by atoms with Gasteiger partial charge in [-0.1, -0.05) is 13.3 Å². The second kappa shape index (κ2) is 9.36. The zero-order valence-electron chi connectivity index (χ0n) is 17.6. The molecule has 11 heteroatoms. The van der Waals surface area contributed by atoms with Crippen LogP contribution in [0.2, 0.25) is 0 Å². The summed E-state index contributed by atoms with van der Waals surface area (Å²) in [5, 5.41) is 7.84. The molecule has 0 aliphatic rings. The molecule has 0 spiro atoms. The quantitative estimate of drug-likeness (QED) is 0.492. The number of aromatic nitrogens is 5. The third-order valence-electron chi connectivity index (χ3n) is 4.60. The molecule has 3 aromatic heterocycles. The molecule has 31 heavy (non-hydrogen) atoms. The number of hydrogen-bond donors (Lipinski definition) is 1. The lowest BCUT2D eigenvalue weighted by atomic mass is 10.0. The van der Waals surface area contributed by atoms with Crippen molar-refractivity contribution in [1.29, 1.82) is 0 Å². The number of carbonyl (C=O) groups is 1. The Balaban J connectivity index is 0.00000363. The van der Waals surface area contributed by atoms with Gasteiger partial charge >= 0.3 is 12.1 Å². The predicted octanol–water partition coefficient (Wildman–Crippen LogP) is 4.55. The highest BCUT2D eigenvalue weighted by molar-refractivity contribution is 5.76. The fourth-order valence-electron chi connectivity index (χ4n) is 3.20. The first-order valence-electron chi connectivity index (χ1n) is 10.0. The van der Waals surface area contributed by atoms with Crippen molar-refractivity contribution >= 4 is 28.6 Å². The molecule has 0 saturated heterocycles. The van der Waals surface area contributed by atoms with E-state index >= 15 is 0 Å². The normalized spacial score (nSPS) is 13.0. The number of esters is 1. The SMILES string of the molecule is CCC(Cn1ccc2cnc(Nc3cnn(CC(=O)OC(C)C)c3)nc21)CC(F)(F)F.[HH]. The number of carbonyl (C=O) groups excluding carboxylic acids is 1. The van der Waals surface area contributed by atoms with Crippen LogP contribution < -0.4 is 5.32 Å². The average molecular weight is 440 g/mol. The monoisotopic (exact) mass is 440 g/mol. The summed E-state index contributed by atoms with van der Waals surface area (Å²) in [5.74, 6) is -0.657. The van der Waals surface area contributed by atoms with Crippen LogP contribution in [-0.2, 0) is 22.6 Å². The van der Waals surface area contributed by atoms with Crippen LogP contribution in [0.25, 0.3) is 11.0 Å². The van der Waals surface area contributed by atoms with Gasteiger partial charge in [0.15, 0.2) is 0 Å². The predicted molar refractivity (Wildman–Crippen MR) is 111 cm³/mol. The van der Waals surface area contributed by atoms with Crippen LogP contribution in [0.1, 0.15) is 35.0 Å². The Morgan fingerprint density at radius 1 is 1.32 bits per heavy atom. The molecule has 170 valence electrons. The van der Waals surface area contributed by atoms with E-state index in [1.165, 1.54) is 10.9 Å². The van der Waals surface area contributed by atoms with Crippen LogP contribution in [-0.4, -0.2) is 42.6 Å². The molecule has 0 radical (unpaired) electrons. The van der Waals surface area contributed by atoms with Crippen LogP contribution in [0, 0.1) is 5.92 Å². The second-order valence-corrected chi connectivity index (χ2v) is 7.62. The average Bonchev–Trinajstić information content (AvgIpc) is 3.26. The largest absolute Gasteiger partial charge is 0.462 e. The summed E-state index contributed by atoms with van der Waals surface area (Å²) >= 11 is 0. The number of nitrogens with one attached hydrogen (secondary N) is 1. The van der Waals surface area contributed by atoms with Gasteiger partial charge in [-0.05, 0) is 25.8 Å². The van der Waals surface area contributed by atoms with Gasteiger partial charge in [-0.2, -0.15) is 23.3 Å². The molecule has 0 aromatic carbocycles. The van der Waals surface area contributed by atoms with Gasteiger partial charge < -0.3 is 14.6 Å². The molecule has 8 nitrogen and oxygen atoms in total. The lowest BCUT2D eigenvalue weighted by molar-refractivity contribution is -0.148. The van der Waals surface area contributed by atoms with E-state index in [4.69, 9.17) is 4.74 Å². The van der Waals surface area contributed by atoms with E-state index in [-0.39, 0.29) is 26.6 Å². The Morgan fingerprint density at radius 2 is 2.10 bits per heavy atom. The first-order valence-corrected chi connectivity index (χ1v) is 10.0. The summed E-state index contributed by atoms with van der Waals surface area (Å²) in [4.78, 5) is 20.4. The lowest BCUT2D eigenvalue weighted by Crippen LogP contribution is -2.19. The number of alkyl halides is 3. The lowest BCUT2D eigenvalue weighted by Gasteiger charge is -2.18. The van der Waals surface area contributed by atoms with Crippen LogP contribution >= 0.6 is 0 Å². The number of anilines is 2. The Morgan fingerprint density at radius 3 is 2.77 bits per heavy atom. The highest BCUT2D eigenvalue weighted by Gasteiger charge is 2.31. The molecule has 0 saturated carbocycles. The summed E-state index contributed by atoms with van der Waals surface area (Å²) in [5.41, 5.74) is 1.12. The molecule has 3 rings (SSSR count). The van der Waals surface area contributed by atoms with Gasteiger partial charge in [0.05, 0.1) is 18.0 Å². The van der Waals surface area contributed by atoms with Crippen molar-refractivity contribution in [3.05, 3.63) is 30.9 Å². The number of fused-ring (bicyclic) bond motifs is 1. The van der Waals surface area contributed by atoms with Gasteiger partial charge in [0.25, 0.3) is 0 Å². The van der Waals surface area contributed by atoms with E-state index in [0.29, 0.717) is 17.8 Å². The summed E-state index contributed by atoms with van der Waals surface area (Å²) in [6.07, 6.45) is 1.63. The van der Waals surface area contributed by atoms with E-state index in [1.54, 1.807) is 50.0 Å². The van der Waals surface area contributed by atoms with E-state index in [1.807, 2.05) is 0 Å². The van der Waals surface area contributed by atoms with Crippen molar-refractivity contribution in [3.8, 4) is 0 Å². The minimum atomic E-state index is -4.20. The molecule has 3 aromatic rings. The standard InChI is InChI=1S/C20H25F3N6O2.H2/c1-4-14(7-20(21,22)23)10-28-6-5-15-8-24-19(27-18(15)28)26-16-9-25-29(11-16)12-17(30)31-13(2)3;/h5-6,8-9,11,13-14H,4,7,10,12H2,1-3H3,(H,24,26,27);1H. The third kappa shape index (κ3) is 6.43. The molecule has 0 amide bonds.